The van der Waals surface area contributed by atoms with E-state index in [-0.39, 0.29) is 12.0 Å². The van der Waals surface area contributed by atoms with Crippen LogP contribution in [0.1, 0.15) is 45.2 Å². The molecule has 1 aliphatic heterocycles. The number of nitrogens with zero attached hydrogens (tertiary/aromatic N) is 3. The lowest BCUT2D eigenvalue weighted by Crippen LogP contribution is -2.41. The third kappa shape index (κ3) is 4.26. The summed E-state index contributed by atoms with van der Waals surface area (Å²) in [5, 5.41) is 1.23. The number of rotatable bonds is 2. The zero-order valence-corrected chi connectivity index (χ0v) is 18.0. The molecule has 6 nitrogen and oxygen atoms in total. The summed E-state index contributed by atoms with van der Waals surface area (Å²) in [6.45, 7) is 6.85. The summed E-state index contributed by atoms with van der Waals surface area (Å²) in [7, 11) is 0. The first-order valence-electron chi connectivity index (χ1n) is 9.99. The normalized spacial score (nSPS) is 15.6. The van der Waals surface area contributed by atoms with Gasteiger partial charge in [-0.1, -0.05) is 17.7 Å². The molecule has 8 heteroatoms. The third-order valence-corrected chi connectivity index (χ3v) is 5.48. The molecule has 1 N–H and O–H groups in total. The average Bonchev–Trinajstić information content (AvgIpc) is 3.11. The molecule has 0 atom stereocenters. The summed E-state index contributed by atoms with van der Waals surface area (Å²) in [4.78, 5) is 25.8. The van der Waals surface area contributed by atoms with Gasteiger partial charge in [-0.25, -0.2) is 14.8 Å². The molecule has 0 unspecified atom stereocenters. The SMILES string of the molecule is CC(C)(C)OC(=O)N1CCC(c2cc3c(-c4cccc(F)n4)c(Cl)cnc3[nH]2)CC1. The van der Waals surface area contributed by atoms with Crippen molar-refractivity contribution in [1.82, 2.24) is 19.9 Å². The molecule has 4 rings (SSSR count). The van der Waals surface area contributed by atoms with Gasteiger partial charge in [-0.05, 0) is 51.8 Å². The standard InChI is InChI=1S/C22H24ClFN4O2/c1-22(2,3)30-21(29)28-9-7-13(8-10-28)17-11-14-19(15(23)12-25-20(14)27-17)16-5-4-6-18(24)26-16/h4-6,11-13H,7-10H2,1-3H3,(H,25,27). The Morgan fingerprint density at radius 2 is 2.03 bits per heavy atom. The number of pyridine rings is 2. The molecule has 0 aromatic carbocycles. The highest BCUT2D eigenvalue weighted by molar-refractivity contribution is 6.34. The highest BCUT2D eigenvalue weighted by atomic mass is 35.5. The number of aromatic nitrogens is 3. The number of piperidine rings is 1. The summed E-state index contributed by atoms with van der Waals surface area (Å²) in [6.07, 6.45) is 2.91. The van der Waals surface area contributed by atoms with Gasteiger partial charge in [0.15, 0.2) is 0 Å². The van der Waals surface area contributed by atoms with Crippen LogP contribution in [0, 0.1) is 5.95 Å². The van der Waals surface area contributed by atoms with E-state index >= 15 is 0 Å². The minimum Gasteiger partial charge on any atom is -0.444 e. The first kappa shape index (κ1) is 20.6. The number of carbonyl (C=O) groups is 1. The number of carbonyl (C=O) groups excluding carboxylic acids is 1. The van der Waals surface area contributed by atoms with E-state index in [1.54, 1.807) is 23.2 Å². The summed E-state index contributed by atoms with van der Waals surface area (Å²) in [6, 6.07) is 6.66. The van der Waals surface area contributed by atoms with Gasteiger partial charge in [-0.15, -0.1) is 0 Å². The third-order valence-electron chi connectivity index (χ3n) is 5.19. The van der Waals surface area contributed by atoms with Gasteiger partial charge in [0.05, 0.1) is 10.7 Å². The van der Waals surface area contributed by atoms with Crippen LogP contribution < -0.4 is 0 Å². The van der Waals surface area contributed by atoms with Crippen molar-refractivity contribution in [2.45, 2.75) is 45.1 Å². The smallest absolute Gasteiger partial charge is 0.410 e. The van der Waals surface area contributed by atoms with Crippen molar-refractivity contribution in [2.75, 3.05) is 13.1 Å². The molecule has 1 amide bonds. The van der Waals surface area contributed by atoms with Crippen LogP contribution in [0.3, 0.4) is 0 Å². The zero-order valence-electron chi connectivity index (χ0n) is 17.2. The van der Waals surface area contributed by atoms with Crippen molar-refractivity contribution in [3.63, 3.8) is 0 Å². The van der Waals surface area contributed by atoms with Crippen LogP contribution in [0.4, 0.5) is 9.18 Å². The van der Waals surface area contributed by atoms with Gasteiger partial charge in [0.25, 0.3) is 0 Å². The Morgan fingerprint density at radius 1 is 1.30 bits per heavy atom. The molecule has 0 spiro atoms. The number of fused-ring (bicyclic) bond motifs is 1. The van der Waals surface area contributed by atoms with E-state index in [0.717, 1.165) is 23.9 Å². The molecular weight excluding hydrogens is 407 g/mol. The van der Waals surface area contributed by atoms with Gasteiger partial charge >= 0.3 is 6.09 Å². The summed E-state index contributed by atoms with van der Waals surface area (Å²) >= 11 is 6.39. The minimum atomic E-state index is -0.557. The predicted octanol–water partition coefficient (Wildman–Crippen LogP) is 5.53. The summed E-state index contributed by atoms with van der Waals surface area (Å²) in [5.41, 5.74) is 2.34. The van der Waals surface area contributed by atoms with E-state index in [1.807, 2.05) is 26.8 Å². The van der Waals surface area contributed by atoms with Gasteiger partial charge in [-0.3, -0.25) is 0 Å². The molecule has 30 heavy (non-hydrogen) atoms. The second-order valence-electron chi connectivity index (χ2n) is 8.56. The maximum Gasteiger partial charge on any atom is 0.410 e. The molecule has 158 valence electrons. The Balaban J connectivity index is 1.57. The lowest BCUT2D eigenvalue weighted by atomic mass is 9.93. The van der Waals surface area contributed by atoms with Crippen LogP contribution in [-0.2, 0) is 4.74 Å². The quantitative estimate of drug-likeness (QED) is 0.542. The zero-order chi connectivity index (χ0) is 21.5. The van der Waals surface area contributed by atoms with E-state index in [4.69, 9.17) is 16.3 Å². The molecule has 1 saturated heterocycles. The van der Waals surface area contributed by atoms with Crippen LogP contribution >= 0.6 is 11.6 Å². The monoisotopic (exact) mass is 430 g/mol. The number of hydrogen-bond acceptors (Lipinski definition) is 4. The van der Waals surface area contributed by atoms with Crippen molar-refractivity contribution in [1.29, 1.82) is 0 Å². The number of H-pyrrole nitrogens is 1. The van der Waals surface area contributed by atoms with Crippen molar-refractivity contribution < 1.29 is 13.9 Å². The van der Waals surface area contributed by atoms with Crippen LogP contribution in [-0.4, -0.2) is 44.6 Å². The maximum absolute atomic E-state index is 13.7. The number of nitrogens with one attached hydrogen (secondary N) is 1. The number of aromatic amines is 1. The fraction of sp³-hybridized carbons (Fsp3) is 0.409. The number of halogens is 2. The summed E-state index contributed by atoms with van der Waals surface area (Å²) < 4.78 is 19.1. The lowest BCUT2D eigenvalue weighted by molar-refractivity contribution is 0.0204. The van der Waals surface area contributed by atoms with E-state index in [0.29, 0.717) is 35.0 Å². The Morgan fingerprint density at radius 3 is 2.70 bits per heavy atom. The second-order valence-corrected chi connectivity index (χ2v) is 8.96. The van der Waals surface area contributed by atoms with Gasteiger partial charge < -0.3 is 14.6 Å². The highest BCUT2D eigenvalue weighted by Crippen LogP contribution is 2.36. The number of amides is 1. The molecule has 4 heterocycles. The van der Waals surface area contributed by atoms with Gasteiger partial charge in [0, 0.05) is 41.8 Å². The first-order valence-corrected chi connectivity index (χ1v) is 10.4. The van der Waals surface area contributed by atoms with Crippen molar-refractivity contribution in [3.8, 4) is 11.3 Å². The average molecular weight is 431 g/mol. The van der Waals surface area contributed by atoms with E-state index in [9.17, 15) is 9.18 Å². The van der Waals surface area contributed by atoms with Crippen LogP contribution in [0.5, 0.6) is 0 Å². The second kappa shape index (κ2) is 7.87. The van der Waals surface area contributed by atoms with Crippen LogP contribution in [0.2, 0.25) is 5.02 Å². The van der Waals surface area contributed by atoms with Crippen LogP contribution in [0.15, 0.2) is 30.5 Å². The molecule has 1 aliphatic rings. The molecule has 0 aliphatic carbocycles. The minimum absolute atomic E-state index is 0.255. The fourth-order valence-electron chi connectivity index (χ4n) is 3.80. The maximum atomic E-state index is 13.7. The van der Waals surface area contributed by atoms with Crippen molar-refractivity contribution >= 4 is 28.7 Å². The Bertz CT molecular complexity index is 1080. The van der Waals surface area contributed by atoms with Crippen LogP contribution in [0.25, 0.3) is 22.3 Å². The number of hydrogen-bond donors (Lipinski definition) is 1. The topological polar surface area (TPSA) is 71.1 Å². The van der Waals surface area contributed by atoms with E-state index in [1.165, 1.54) is 6.07 Å². The highest BCUT2D eigenvalue weighted by Gasteiger charge is 2.28. The van der Waals surface area contributed by atoms with E-state index < -0.39 is 11.5 Å². The Labute approximate surface area is 179 Å². The van der Waals surface area contributed by atoms with E-state index in [2.05, 4.69) is 15.0 Å². The van der Waals surface area contributed by atoms with Gasteiger partial charge in [-0.2, -0.15) is 4.39 Å². The van der Waals surface area contributed by atoms with Crippen molar-refractivity contribution in [2.24, 2.45) is 0 Å². The first-order chi connectivity index (χ1) is 14.2. The number of ether oxygens (including phenoxy) is 1. The molecule has 0 saturated carbocycles. The molecule has 3 aromatic rings. The fourth-order valence-corrected chi connectivity index (χ4v) is 4.05. The Kier molecular flexibility index (Phi) is 5.40. The van der Waals surface area contributed by atoms with Gasteiger partial charge in [0.1, 0.15) is 11.2 Å². The predicted molar refractivity (Wildman–Crippen MR) is 114 cm³/mol. The number of likely N-dealkylation sites (tertiary alicyclic amines) is 1. The summed E-state index contributed by atoms with van der Waals surface area (Å²) in [5.74, 6) is -0.302. The lowest BCUT2D eigenvalue weighted by Gasteiger charge is -2.33. The molecule has 0 radical (unpaired) electrons. The molecule has 3 aromatic heterocycles. The molecule has 0 bridgehead atoms. The molecule has 1 fully saturated rings. The largest absolute Gasteiger partial charge is 0.444 e. The Hall–Kier alpha value is -2.67. The molecular formula is C22H24ClFN4O2. The van der Waals surface area contributed by atoms with Crippen molar-refractivity contribution in [3.05, 3.63) is 47.1 Å². The van der Waals surface area contributed by atoms with Gasteiger partial charge in [0.2, 0.25) is 5.95 Å².